The van der Waals surface area contributed by atoms with Crippen molar-refractivity contribution in [3.8, 4) is 5.75 Å². The highest BCUT2D eigenvalue weighted by Crippen LogP contribution is 2.27. The zero-order valence-corrected chi connectivity index (χ0v) is 12.4. The summed E-state index contributed by atoms with van der Waals surface area (Å²) in [4.78, 5) is 16.1. The lowest BCUT2D eigenvalue weighted by Gasteiger charge is -2.08. The van der Waals surface area contributed by atoms with Crippen LogP contribution in [0.4, 0.5) is 5.69 Å². The average molecular weight is 309 g/mol. The van der Waals surface area contributed by atoms with Crippen LogP contribution < -0.4 is 15.8 Å². The lowest BCUT2D eigenvalue weighted by atomic mass is 10.3. The number of hydrogen-bond donors (Lipinski definition) is 2. The number of benzene rings is 1. The van der Waals surface area contributed by atoms with Crippen molar-refractivity contribution in [2.45, 2.75) is 13.5 Å². The van der Waals surface area contributed by atoms with Crippen LogP contribution in [0.5, 0.6) is 5.75 Å². The molecule has 2 aromatic rings. The summed E-state index contributed by atoms with van der Waals surface area (Å²) in [7, 11) is 0. The topological polar surface area (TPSA) is 82.2 Å². The Hall–Kier alpha value is -2.05. The zero-order chi connectivity index (χ0) is 15.2. The van der Waals surface area contributed by atoms with Gasteiger partial charge in [0.15, 0.2) is 0 Å². The van der Waals surface area contributed by atoms with E-state index in [0.29, 0.717) is 41.8 Å². The first kappa shape index (κ1) is 15.3. The molecule has 0 aliphatic heterocycles. The van der Waals surface area contributed by atoms with Gasteiger partial charge in [-0.1, -0.05) is 11.6 Å². The molecule has 0 bridgehead atoms. The fourth-order valence-corrected chi connectivity index (χ4v) is 2.03. The lowest BCUT2D eigenvalue weighted by Crippen LogP contribution is -2.13. The van der Waals surface area contributed by atoms with E-state index in [1.165, 1.54) is 0 Å². The van der Waals surface area contributed by atoms with Gasteiger partial charge in [0.25, 0.3) is 5.91 Å². The van der Waals surface area contributed by atoms with E-state index in [2.05, 4.69) is 10.3 Å². The number of carbonyl (C=O) groups is 1. The van der Waals surface area contributed by atoms with Crippen LogP contribution in [0.1, 0.15) is 17.4 Å². The van der Waals surface area contributed by atoms with Crippen molar-refractivity contribution in [2.75, 3.05) is 18.5 Å². The molecule has 1 amide bonds. The third kappa shape index (κ3) is 3.96. The van der Waals surface area contributed by atoms with E-state index >= 15 is 0 Å². The van der Waals surface area contributed by atoms with Crippen molar-refractivity contribution >= 4 is 23.2 Å². The minimum absolute atomic E-state index is 0.300. The Balaban J connectivity index is 2.06. The first-order chi connectivity index (χ1) is 10.1. The van der Waals surface area contributed by atoms with Gasteiger partial charge >= 0.3 is 0 Å². The number of halogens is 1. The Morgan fingerprint density at radius 2 is 2.33 bits per heavy atom. The molecule has 0 radical (unpaired) electrons. The monoisotopic (exact) mass is 308 g/mol. The van der Waals surface area contributed by atoms with Gasteiger partial charge in [0, 0.05) is 25.0 Å². The molecule has 112 valence electrons. The highest BCUT2D eigenvalue weighted by molar-refractivity contribution is 6.32. The second-order valence-corrected chi connectivity index (χ2v) is 4.72. The molecule has 0 atom stereocenters. The summed E-state index contributed by atoms with van der Waals surface area (Å²) in [6, 6.07) is 5.08. The molecule has 0 aliphatic carbocycles. The van der Waals surface area contributed by atoms with Crippen molar-refractivity contribution in [1.82, 2.24) is 9.55 Å². The standard InChI is InChI=1S/C14H17ClN4O2/c1-2-21-13-4-3-10(7-11(13)15)18-14(20)12-8-19(6-5-16)9-17-12/h3-4,7-9H,2,5-6,16H2,1H3,(H,18,20). The molecule has 0 unspecified atom stereocenters. The maximum absolute atomic E-state index is 12.1. The van der Waals surface area contributed by atoms with E-state index in [1.54, 1.807) is 35.3 Å². The van der Waals surface area contributed by atoms with E-state index in [-0.39, 0.29) is 5.91 Å². The summed E-state index contributed by atoms with van der Waals surface area (Å²) in [5.74, 6) is 0.287. The summed E-state index contributed by atoms with van der Waals surface area (Å²) >= 11 is 6.07. The number of nitrogens with one attached hydrogen (secondary N) is 1. The first-order valence-electron chi connectivity index (χ1n) is 6.59. The van der Waals surface area contributed by atoms with Crippen LogP contribution in [-0.4, -0.2) is 28.6 Å². The van der Waals surface area contributed by atoms with Crippen molar-refractivity contribution in [2.24, 2.45) is 5.73 Å². The number of ether oxygens (including phenoxy) is 1. The van der Waals surface area contributed by atoms with Crippen molar-refractivity contribution in [3.05, 3.63) is 41.4 Å². The Morgan fingerprint density at radius 3 is 3.00 bits per heavy atom. The number of nitrogens with two attached hydrogens (primary N) is 1. The second kappa shape index (κ2) is 7.10. The molecule has 3 N–H and O–H groups in total. The summed E-state index contributed by atoms with van der Waals surface area (Å²) in [6.07, 6.45) is 3.23. The second-order valence-electron chi connectivity index (χ2n) is 4.32. The highest BCUT2D eigenvalue weighted by atomic mass is 35.5. The number of rotatable bonds is 6. The van der Waals surface area contributed by atoms with Gasteiger partial charge in [0.05, 0.1) is 18.0 Å². The molecule has 1 aromatic heterocycles. The quantitative estimate of drug-likeness (QED) is 0.856. The molecule has 21 heavy (non-hydrogen) atoms. The summed E-state index contributed by atoms with van der Waals surface area (Å²) in [5, 5.41) is 3.19. The molecule has 0 fully saturated rings. The Morgan fingerprint density at radius 1 is 1.52 bits per heavy atom. The molecule has 0 saturated heterocycles. The minimum atomic E-state index is -0.300. The number of aromatic nitrogens is 2. The van der Waals surface area contributed by atoms with Gasteiger partial charge in [-0.15, -0.1) is 0 Å². The molecule has 2 rings (SSSR count). The Labute approximate surface area is 127 Å². The SMILES string of the molecule is CCOc1ccc(NC(=O)c2cn(CCN)cn2)cc1Cl. The average Bonchev–Trinajstić information content (AvgIpc) is 2.91. The smallest absolute Gasteiger partial charge is 0.275 e. The molecule has 7 heteroatoms. The van der Waals surface area contributed by atoms with Gasteiger partial charge in [-0.25, -0.2) is 4.98 Å². The molecule has 1 aromatic carbocycles. The third-order valence-corrected chi connectivity index (χ3v) is 3.04. The van der Waals surface area contributed by atoms with Gasteiger partial charge in [-0.05, 0) is 25.1 Å². The van der Waals surface area contributed by atoms with Crippen molar-refractivity contribution in [1.29, 1.82) is 0 Å². The molecule has 0 saturated carbocycles. The van der Waals surface area contributed by atoms with Gasteiger partial charge in [0.2, 0.25) is 0 Å². The summed E-state index contributed by atoms with van der Waals surface area (Å²) < 4.78 is 7.10. The van der Waals surface area contributed by atoms with E-state index in [4.69, 9.17) is 22.1 Å². The molecule has 1 heterocycles. The first-order valence-corrected chi connectivity index (χ1v) is 6.97. The fraction of sp³-hybridized carbons (Fsp3) is 0.286. The Bertz CT molecular complexity index is 627. The summed E-state index contributed by atoms with van der Waals surface area (Å²) in [5.41, 5.74) is 6.36. The predicted molar refractivity (Wildman–Crippen MR) is 81.9 cm³/mol. The van der Waals surface area contributed by atoms with Gasteiger partial charge in [0.1, 0.15) is 11.4 Å². The van der Waals surface area contributed by atoms with Crippen LogP contribution >= 0.6 is 11.6 Å². The number of imidazole rings is 1. The number of carbonyl (C=O) groups excluding carboxylic acids is 1. The molecule has 6 nitrogen and oxygen atoms in total. The van der Waals surface area contributed by atoms with Gasteiger partial charge in [-0.2, -0.15) is 0 Å². The van der Waals surface area contributed by atoms with Gasteiger partial charge < -0.3 is 20.4 Å². The predicted octanol–water partition coefficient (Wildman–Crippen LogP) is 2.15. The number of nitrogens with zero attached hydrogens (tertiary/aromatic N) is 2. The third-order valence-electron chi connectivity index (χ3n) is 2.74. The largest absolute Gasteiger partial charge is 0.492 e. The zero-order valence-electron chi connectivity index (χ0n) is 11.7. The van der Waals surface area contributed by atoms with Crippen LogP contribution in [0.3, 0.4) is 0 Å². The van der Waals surface area contributed by atoms with E-state index in [1.807, 2.05) is 6.92 Å². The van der Waals surface area contributed by atoms with Crippen LogP contribution in [0.25, 0.3) is 0 Å². The normalized spacial score (nSPS) is 10.4. The van der Waals surface area contributed by atoms with E-state index < -0.39 is 0 Å². The summed E-state index contributed by atoms with van der Waals surface area (Å²) in [6.45, 7) is 3.52. The fourth-order valence-electron chi connectivity index (χ4n) is 1.79. The Kier molecular flexibility index (Phi) is 5.19. The van der Waals surface area contributed by atoms with Crippen LogP contribution in [0.15, 0.2) is 30.7 Å². The van der Waals surface area contributed by atoms with Crippen LogP contribution in [-0.2, 0) is 6.54 Å². The molecular formula is C14H17ClN4O2. The van der Waals surface area contributed by atoms with Crippen molar-refractivity contribution < 1.29 is 9.53 Å². The number of hydrogen-bond acceptors (Lipinski definition) is 4. The lowest BCUT2D eigenvalue weighted by molar-refractivity contribution is 0.102. The minimum Gasteiger partial charge on any atom is -0.492 e. The molecule has 0 spiro atoms. The highest BCUT2D eigenvalue weighted by Gasteiger charge is 2.11. The van der Waals surface area contributed by atoms with Crippen molar-refractivity contribution in [3.63, 3.8) is 0 Å². The maximum Gasteiger partial charge on any atom is 0.275 e. The molecule has 0 aliphatic rings. The van der Waals surface area contributed by atoms with E-state index in [0.717, 1.165) is 0 Å². The number of amides is 1. The van der Waals surface area contributed by atoms with Crippen LogP contribution in [0, 0.1) is 0 Å². The molecular weight excluding hydrogens is 292 g/mol. The van der Waals surface area contributed by atoms with Crippen LogP contribution in [0.2, 0.25) is 5.02 Å². The van der Waals surface area contributed by atoms with E-state index in [9.17, 15) is 4.79 Å². The maximum atomic E-state index is 12.1. The number of anilines is 1. The van der Waals surface area contributed by atoms with Gasteiger partial charge in [-0.3, -0.25) is 4.79 Å².